The van der Waals surface area contributed by atoms with Gasteiger partial charge in [0.05, 0.1) is 6.61 Å². The first-order valence-electron chi connectivity index (χ1n) is 8.91. The molecule has 1 N–H and O–H groups in total. The Bertz CT molecular complexity index is 677. The fourth-order valence-corrected chi connectivity index (χ4v) is 2.57. The van der Waals surface area contributed by atoms with Crippen LogP contribution in [0.3, 0.4) is 0 Å². The summed E-state index contributed by atoms with van der Waals surface area (Å²) in [6.45, 7) is 4.93. The Balaban J connectivity index is 2.27. The first-order valence-corrected chi connectivity index (χ1v) is 8.91. The Morgan fingerprint density at radius 1 is 1.00 bits per heavy atom. The van der Waals surface area contributed by atoms with Crippen molar-refractivity contribution < 1.29 is 19.4 Å². The smallest absolute Gasteiger partial charge is 0.494 e. The van der Waals surface area contributed by atoms with E-state index in [0.29, 0.717) is 12.4 Å². The van der Waals surface area contributed by atoms with Crippen LogP contribution in [0.5, 0.6) is 11.5 Å². The van der Waals surface area contributed by atoms with E-state index in [1.807, 2.05) is 18.2 Å². The lowest BCUT2D eigenvalue weighted by atomic mass is 10.0. The van der Waals surface area contributed by atoms with Crippen LogP contribution in [-0.2, 0) is 6.42 Å². The fourth-order valence-electron chi connectivity index (χ4n) is 2.57. The van der Waals surface area contributed by atoms with Crippen LogP contribution < -0.4 is 9.47 Å². The molecule has 0 aliphatic rings. The molecule has 0 amide bonds. The third kappa shape index (κ3) is 5.82. The molecule has 25 heavy (non-hydrogen) atoms. The standard InChI is InChI=1S/C21H26O4/c1-3-5-7-16-8-10-17(11-9-16)19-15-18(24-14-6-4-2)12-13-20(19)25-21(22)23/h8-13,15H,3-7,14H2,1-2H3,(H,22,23). The molecule has 4 nitrogen and oxygen atoms in total. The molecule has 0 saturated heterocycles. The van der Waals surface area contributed by atoms with Crippen LogP contribution in [-0.4, -0.2) is 17.9 Å². The minimum atomic E-state index is -1.32. The largest absolute Gasteiger partial charge is 0.511 e. The number of carbonyl (C=O) groups is 1. The molecule has 0 unspecified atom stereocenters. The Kier molecular flexibility index (Phi) is 7.33. The third-order valence-corrected chi connectivity index (χ3v) is 4.00. The van der Waals surface area contributed by atoms with E-state index < -0.39 is 6.16 Å². The second kappa shape index (κ2) is 9.72. The highest BCUT2D eigenvalue weighted by atomic mass is 16.7. The number of ether oxygens (including phenoxy) is 2. The van der Waals surface area contributed by atoms with Gasteiger partial charge in [-0.2, -0.15) is 0 Å². The number of carboxylic acid groups (broad SMARTS) is 1. The topological polar surface area (TPSA) is 55.8 Å². The zero-order valence-corrected chi connectivity index (χ0v) is 15.0. The Morgan fingerprint density at radius 3 is 2.36 bits per heavy atom. The van der Waals surface area contributed by atoms with Gasteiger partial charge in [-0.15, -0.1) is 0 Å². The van der Waals surface area contributed by atoms with Crippen LogP contribution in [0.2, 0.25) is 0 Å². The highest BCUT2D eigenvalue weighted by Gasteiger charge is 2.12. The number of hydrogen-bond acceptors (Lipinski definition) is 3. The van der Waals surface area contributed by atoms with Gasteiger partial charge in [-0.05, 0) is 48.6 Å². The summed E-state index contributed by atoms with van der Waals surface area (Å²) in [4.78, 5) is 11.0. The van der Waals surface area contributed by atoms with Crippen molar-refractivity contribution in [3.05, 3.63) is 48.0 Å². The molecule has 0 saturated carbocycles. The van der Waals surface area contributed by atoms with Gasteiger partial charge in [0.2, 0.25) is 0 Å². The van der Waals surface area contributed by atoms with Crippen molar-refractivity contribution >= 4 is 6.16 Å². The van der Waals surface area contributed by atoms with Crippen LogP contribution >= 0.6 is 0 Å². The third-order valence-electron chi connectivity index (χ3n) is 4.00. The SMILES string of the molecule is CCCCOc1ccc(OC(=O)O)c(-c2ccc(CCCC)cc2)c1. The summed E-state index contributed by atoms with van der Waals surface area (Å²) < 4.78 is 10.7. The lowest BCUT2D eigenvalue weighted by molar-refractivity contribution is 0.144. The summed E-state index contributed by atoms with van der Waals surface area (Å²) in [5.41, 5.74) is 2.91. The first-order chi connectivity index (χ1) is 12.1. The van der Waals surface area contributed by atoms with Gasteiger partial charge in [0, 0.05) is 5.56 Å². The first kappa shape index (κ1) is 18.8. The summed E-state index contributed by atoms with van der Waals surface area (Å²) in [6, 6.07) is 13.4. The van der Waals surface area contributed by atoms with Gasteiger partial charge in [-0.3, -0.25) is 0 Å². The average Bonchev–Trinajstić information content (AvgIpc) is 2.61. The Hall–Kier alpha value is -2.49. The molecule has 2 aromatic rings. The molecule has 0 aliphatic carbocycles. The van der Waals surface area contributed by atoms with Crippen LogP contribution in [0, 0.1) is 0 Å². The van der Waals surface area contributed by atoms with E-state index >= 15 is 0 Å². The van der Waals surface area contributed by atoms with E-state index in [1.165, 1.54) is 5.56 Å². The summed E-state index contributed by atoms with van der Waals surface area (Å²) in [6.07, 6.45) is 4.10. The molecular formula is C21H26O4. The highest BCUT2D eigenvalue weighted by molar-refractivity contribution is 5.75. The average molecular weight is 342 g/mol. The minimum absolute atomic E-state index is 0.316. The highest BCUT2D eigenvalue weighted by Crippen LogP contribution is 2.34. The van der Waals surface area contributed by atoms with Crippen molar-refractivity contribution in [2.75, 3.05) is 6.61 Å². The molecule has 0 fully saturated rings. The number of benzene rings is 2. The van der Waals surface area contributed by atoms with Crippen molar-refractivity contribution in [1.29, 1.82) is 0 Å². The predicted octanol–water partition coefficient (Wildman–Crippen LogP) is 5.93. The van der Waals surface area contributed by atoms with E-state index in [1.54, 1.807) is 12.1 Å². The number of unbranched alkanes of at least 4 members (excludes halogenated alkanes) is 2. The molecule has 0 aliphatic heterocycles. The van der Waals surface area contributed by atoms with Crippen molar-refractivity contribution in [3.8, 4) is 22.6 Å². The predicted molar refractivity (Wildman–Crippen MR) is 99.5 cm³/mol. The molecule has 2 aromatic carbocycles. The van der Waals surface area contributed by atoms with Gasteiger partial charge >= 0.3 is 6.16 Å². The second-order valence-electron chi connectivity index (χ2n) is 6.03. The van der Waals surface area contributed by atoms with Crippen LogP contribution in [0.4, 0.5) is 4.79 Å². The number of aryl methyl sites for hydroxylation is 1. The quantitative estimate of drug-likeness (QED) is 0.348. The van der Waals surface area contributed by atoms with Gasteiger partial charge in [-0.1, -0.05) is 51.0 Å². The van der Waals surface area contributed by atoms with Gasteiger partial charge < -0.3 is 14.6 Å². The summed E-state index contributed by atoms with van der Waals surface area (Å²) in [5, 5.41) is 8.97. The Morgan fingerprint density at radius 2 is 1.72 bits per heavy atom. The minimum Gasteiger partial charge on any atom is -0.494 e. The van der Waals surface area contributed by atoms with Crippen molar-refractivity contribution in [1.82, 2.24) is 0 Å². The Labute approximate surface area is 149 Å². The molecule has 134 valence electrons. The molecule has 0 heterocycles. The van der Waals surface area contributed by atoms with Crippen LogP contribution in [0.25, 0.3) is 11.1 Å². The zero-order chi connectivity index (χ0) is 18.1. The lowest BCUT2D eigenvalue weighted by Crippen LogP contribution is -2.04. The molecular weight excluding hydrogens is 316 g/mol. The van der Waals surface area contributed by atoms with Crippen molar-refractivity contribution in [3.63, 3.8) is 0 Å². The van der Waals surface area contributed by atoms with Crippen LogP contribution in [0.1, 0.15) is 45.1 Å². The van der Waals surface area contributed by atoms with Gasteiger partial charge in [0.1, 0.15) is 11.5 Å². The van der Waals surface area contributed by atoms with E-state index in [-0.39, 0.29) is 0 Å². The van der Waals surface area contributed by atoms with Gasteiger partial charge in [0.25, 0.3) is 0 Å². The summed E-state index contributed by atoms with van der Waals surface area (Å²) >= 11 is 0. The van der Waals surface area contributed by atoms with Crippen molar-refractivity contribution in [2.24, 2.45) is 0 Å². The van der Waals surface area contributed by atoms with E-state index in [9.17, 15) is 4.79 Å². The molecule has 4 heteroatoms. The molecule has 0 aromatic heterocycles. The zero-order valence-electron chi connectivity index (χ0n) is 15.0. The molecule has 0 radical (unpaired) electrons. The second-order valence-corrected chi connectivity index (χ2v) is 6.03. The van der Waals surface area contributed by atoms with E-state index in [0.717, 1.165) is 49.0 Å². The summed E-state index contributed by atoms with van der Waals surface area (Å²) in [7, 11) is 0. The molecule has 0 spiro atoms. The van der Waals surface area contributed by atoms with Crippen LogP contribution in [0.15, 0.2) is 42.5 Å². The number of rotatable bonds is 9. The molecule has 0 bridgehead atoms. The van der Waals surface area contributed by atoms with Crippen molar-refractivity contribution in [2.45, 2.75) is 46.0 Å². The normalized spacial score (nSPS) is 10.5. The molecule has 0 atom stereocenters. The monoisotopic (exact) mass is 342 g/mol. The van der Waals surface area contributed by atoms with Gasteiger partial charge in [0.15, 0.2) is 0 Å². The number of hydrogen-bond donors (Lipinski definition) is 1. The van der Waals surface area contributed by atoms with E-state index in [4.69, 9.17) is 14.6 Å². The maximum Gasteiger partial charge on any atom is 0.511 e. The lowest BCUT2D eigenvalue weighted by Gasteiger charge is -2.12. The maximum absolute atomic E-state index is 11.0. The maximum atomic E-state index is 11.0. The van der Waals surface area contributed by atoms with E-state index in [2.05, 4.69) is 26.0 Å². The van der Waals surface area contributed by atoms with Gasteiger partial charge in [-0.25, -0.2) is 4.79 Å². The fraction of sp³-hybridized carbons (Fsp3) is 0.381. The molecule has 2 rings (SSSR count). The summed E-state index contributed by atoms with van der Waals surface area (Å²) in [5.74, 6) is 1.04.